The Kier molecular flexibility index (Phi) is 4.39. The number of aromatic amines is 1. The number of hydrogen-bond donors (Lipinski definition) is 1. The van der Waals surface area contributed by atoms with Crippen molar-refractivity contribution < 1.29 is 4.74 Å². The van der Waals surface area contributed by atoms with Crippen molar-refractivity contribution in [2.75, 3.05) is 0 Å². The molecule has 2 aromatic rings. The van der Waals surface area contributed by atoms with Gasteiger partial charge in [-0.3, -0.25) is 9.67 Å². The lowest BCUT2D eigenvalue weighted by Gasteiger charge is -2.08. The molecule has 100 valence electrons. The first-order valence-corrected chi connectivity index (χ1v) is 6.54. The van der Waals surface area contributed by atoms with E-state index in [4.69, 9.17) is 28.6 Å². The van der Waals surface area contributed by atoms with Crippen LogP contribution in [0.3, 0.4) is 0 Å². The third-order valence-electron chi connectivity index (χ3n) is 2.65. The van der Waals surface area contributed by atoms with Gasteiger partial charge in [0, 0.05) is 11.6 Å². The van der Waals surface area contributed by atoms with Crippen LogP contribution >= 0.6 is 23.8 Å². The van der Waals surface area contributed by atoms with E-state index in [9.17, 15) is 0 Å². The van der Waals surface area contributed by atoms with Gasteiger partial charge in [-0.1, -0.05) is 17.7 Å². The molecule has 0 bridgehead atoms. The minimum atomic E-state index is 0.335. The molecule has 0 aliphatic rings. The van der Waals surface area contributed by atoms with Gasteiger partial charge in [-0.15, -0.1) is 6.58 Å². The fourth-order valence-electron chi connectivity index (χ4n) is 1.63. The van der Waals surface area contributed by atoms with Crippen LogP contribution in [0.4, 0.5) is 0 Å². The van der Waals surface area contributed by atoms with Crippen molar-refractivity contribution in [2.24, 2.45) is 0 Å². The molecule has 1 aromatic carbocycles. The molecular weight excluding hydrogens is 282 g/mol. The Balaban J connectivity index is 2.12. The molecule has 0 aliphatic heterocycles. The molecule has 1 N–H and O–H groups in total. The zero-order valence-corrected chi connectivity index (χ0v) is 12.1. The molecule has 19 heavy (non-hydrogen) atoms. The summed E-state index contributed by atoms with van der Waals surface area (Å²) in [6.07, 6.45) is 1.77. The van der Waals surface area contributed by atoms with Gasteiger partial charge < -0.3 is 4.74 Å². The first kappa shape index (κ1) is 13.8. The first-order chi connectivity index (χ1) is 9.11. The third-order valence-corrected chi connectivity index (χ3v) is 3.38. The van der Waals surface area contributed by atoms with Crippen LogP contribution in [0.2, 0.25) is 5.02 Å². The molecule has 1 heterocycles. The maximum atomic E-state index is 5.97. The molecule has 1 aromatic heterocycles. The molecule has 0 saturated carbocycles. The summed E-state index contributed by atoms with van der Waals surface area (Å²) in [5.74, 6) is 1.48. The Morgan fingerprint density at radius 3 is 3.05 bits per heavy atom. The predicted octanol–water partition coefficient (Wildman–Crippen LogP) is 3.67. The smallest absolute Gasteiger partial charge is 0.195 e. The highest BCUT2D eigenvalue weighted by Crippen LogP contribution is 2.21. The van der Waals surface area contributed by atoms with Gasteiger partial charge >= 0.3 is 0 Å². The molecule has 0 saturated heterocycles. The van der Waals surface area contributed by atoms with Gasteiger partial charge in [-0.2, -0.15) is 5.10 Å². The SMILES string of the molecule is C=CCn1c(COc2ccc(Cl)c(C)c2)n[nH]c1=S. The Bertz CT molecular complexity index is 648. The van der Waals surface area contributed by atoms with E-state index in [-0.39, 0.29) is 0 Å². The van der Waals surface area contributed by atoms with Gasteiger partial charge in [0.25, 0.3) is 0 Å². The fraction of sp³-hybridized carbons (Fsp3) is 0.231. The molecule has 0 aliphatic carbocycles. The summed E-state index contributed by atoms with van der Waals surface area (Å²) in [5.41, 5.74) is 0.976. The summed E-state index contributed by atoms with van der Waals surface area (Å²) in [5, 5.41) is 7.61. The van der Waals surface area contributed by atoms with Crippen LogP contribution in [-0.4, -0.2) is 14.8 Å². The lowest BCUT2D eigenvalue weighted by Crippen LogP contribution is -2.06. The van der Waals surface area contributed by atoms with Gasteiger partial charge in [0.15, 0.2) is 10.6 Å². The normalized spacial score (nSPS) is 10.4. The van der Waals surface area contributed by atoms with Gasteiger partial charge in [-0.25, -0.2) is 0 Å². The van der Waals surface area contributed by atoms with Gasteiger partial charge in [0.05, 0.1) is 0 Å². The highest BCUT2D eigenvalue weighted by Gasteiger charge is 2.06. The summed E-state index contributed by atoms with van der Waals surface area (Å²) >= 11 is 11.1. The number of nitrogens with one attached hydrogen (secondary N) is 1. The molecule has 0 radical (unpaired) electrons. The topological polar surface area (TPSA) is 42.8 Å². The van der Waals surface area contributed by atoms with Crippen LogP contribution in [-0.2, 0) is 13.2 Å². The second-order valence-electron chi connectivity index (χ2n) is 4.04. The number of halogens is 1. The minimum absolute atomic E-state index is 0.335. The summed E-state index contributed by atoms with van der Waals surface area (Å²) < 4.78 is 8.08. The highest BCUT2D eigenvalue weighted by molar-refractivity contribution is 7.71. The fourth-order valence-corrected chi connectivity index (χ4v) is 1.98. The molecule has 0 amide bonds. The summed E-state index contributed by atoms with van der Waals surface area (Å²) in [6.45, 7) is 6.57. The number of allylic oxidation sites excluding steroid dienone is 1. The second-order valence-corrected chi connectivity index (χ2v) is 4.84. The van der Waals surface area contributed by atoms with E-state index in [2.05, 4.69) is 16.8 Å². The molecule has 0 unspecified atom stereocenters. The lowest BCUT2D eigenvalue weighted by atomic mass is 10.2. The van der Waals surface area contributed by atoms with E-state index < -0.39 is 0 Å². The van der Waals surface area contributed by atoms with E-state index in [1.165, 1.54) is 0 Å². The quantitative estimate of drug-likeness (QED) is 0.676. The number of nitrogens with zero attached hydrogens (tertiary/aromatic N) is 2. The zero-order chi connectivity index (χ0) is 13.8. The highest BCUT2D eigenvalue weighted by atomic mass is 35.5. The van der Waals surface area contributed by atoms with Crippen LogP contribution in [0.1, 0.15) is 11.4 Å². The number of hydrogen-bond acceptors (Lipinski definition) is 3. The summed E-state index contributed by atoms with van der Waals surface area (Å²) in [4.78, 5) is 0. The Hall–Kier alpha value is -1.59. The Labute approximate surface area is 121 Å². The van der Waals surface area contributed by atoms with Crippen LogP contribution in [0.5, 0.6) is 5.75 Å². The number of benzene rings is 1. The molecule has 4 nitrogen and oxygen atoms in total. The van der Waals surface area contributed by atoms with Crippen molar-refractivity contribution in [3.05, 3.63) is 52.0 Å². The molecule has 0 spiro atoms. The van der Waals surface area contributed by atoms with Crippen molar-refractivity contribution in [1.82, 2.24) is 14.8 Å². The van der Waals surface area contributed by atoms with E-state index in [0.29, 0.717) is 17.9 Å². The molecule has 0 atom stereocenters. The number of ether oxygens (including phenoxy) is 1. The van der Waals surface area contributed by atoms with Gasteiger partial charge in [0.2, 0.25) is 0 Å². The number of H-pyrrole nitrogens is 1. The van der Waals surface area contributed by atoms with Crippen LogP contribution in [0.25, 0.3) is 0 Å². The van der Waals surface area contributed by atoms with E-state index in [1.54, 1.807) is 6.08 Å². The molecular formula is C13H14ClN3OS. The van der Waals surface area contributed by atoms with E-state index in [0.717, 1.165) is 22.2 Å². The Morgan fingerprint density at radius 1 is 1.58 bits per heavy atom. The van der Waals surface area contributed by atoms with Crippen molar-refractivity contribution in [1.29, 1.82) is 0 Å². The standard InChI is InChI=1S/C13H14ClN3OS/c1-3-6-17-12(15-16-13(17)19)8-18-10-4-5-11(14)9(2)7-10/h3-5,7H,1,6,8H2,2H3,(H,16,19). The second kappa shape index (κ2) is 6.04. The lowest BCUT2D eigenvalue weighted by molar-refractivity contribution is 0.290. The van der Waals surface area contributed by atoms with Crippen molar-refractivity contribution in [3.63, 3.8) is 0 Å². The average Bonchev–Trinajstić information content (AvgIpc) is 2.73. The van der Waals surface area contributed by atoms with Crippen molar-refractivity contribution in [3.8, 4) is 5.75 Å². The van der Waals surface area contributed by atoms with E-state index >= 15 is 0 Å². The first-order valence-electron chi connectivity index (χ1n) is 5.75. The van der Waals surface area contributed by atoms with Crippen LogP contribution < -0.4 is 4.74 Å². The summed E-state index contributed by atoms with van der Waals surface area (Å²) in [7, 11) is 0. The van der Waals surface area contributed by atoms with Crippen molar-refractivity contribution in [2.45, 2.75) is 20.1 Å². The van der Waals surface area contributed by atoms with Gasteiger partial charge in [0.1, 0.15) is 12.4 Å². The average molecular weight is 296 g/mol. The molecule has 6 heteroatoms. The zero-order valence-electron chi connectivity index (χ0n) is 10.5. The maximum absolute atomic E-state index is 5.97. The van der Waals surface area contributed by atoms with Crippen molar-refractivity contribution >= 4 is 23.8 Å². The predicted molar refractivity (Wildman–Crippen MR) is 78.1 cm³/mol. The number of rotatable bonds is 5. The molecule has 2 rings (SSSR count). The van der Waals surface area contributed by atoms with E-state index in [1.807, 2.05) is 29.7 Å². The Morgan fingerprint density at radius 2 is 2.37 bits per heavy atom. The third kappa shape index (κ3) is 3.24. The monoisotopic (exact) mass is 295 g/mol. The number of aryl methyl sites for hydroxylation is 1. The minimum Gasteiger partial charge on any atom is -0.486 e. The maximum Gasteiger partial charge on any atom is 0.195 e. The molecule has 0 fully saturated rings. The van der Waals surface area contributed by atoms with Crippen LogP contribution in [0.15, 0.2) is 30.9 Å². The largest absolute Gasteiger partial charge is 0.486 e. The van der Waals surface area contributed by atoms with Crippen LogP contribution in [0, 0.1) is 11.7 Å². The summed E-state index contributed by atoms with van der Waals surface area (Å²) in [6, 6.07) is 5.53. The number of aromatic nitrogens is 3. The van der Waals surface area contributed by atoms with Gasteiger partial charge in [-0.05, 0) is 42.9 Å².